The Morgan fingerprint density at radius 2 is 1.90 bits per heavy atom. The van der Waals surface area contributed by atoms with Gasteiger partial charge in [0.1, 0.15) is 17.6 Å². The lowest BCUT2D eigenvalue weighted by Crippen LogP contribution is -2.25. The fourth-order valence-corrected chi connectivity index (χ4v) is 3.45. The summed E-state index contributed by atoms with van der Waals surface area (Å²) >= 11 is 0. The van der Waals surface area contributed by atoms with Gasteiger partial charge in [0.15, 0.2) is 0 Å². The fourth-order valence-electron chi connectivity index (χ4n) is 3.45. The first-order chi connectivity index (χ1) is 9.90. The maximum atomic E-state index is 10.9. The highest BCUT2D eigenvalue weighted by molar-refractivity contribution is 5.46. The molecule has 3 nitrogen and oxygen atoms in total. The number of ether oxygens (including phenoxy) is 2. The van der Waals surface area contributed by atoms with Crippen LogP contribution in [0.15, 0.2) is 29.3 Å². The van der Waals surface area contributed by atoms with E-state index in [1.54, 1.807) is 14.2 Å². The van der Waals surface area contributed by atoms with Crippen LogP contribution in [0, 0.1) is 5.41 Å². The normalized spacial score (nSPS) is 19.3. The first kappa shape index (κ1) is 15.9. The van der Waals surface area contributed by atoms with Crippen molar-refractivity contribution in [1.82, 2.24) is 0 Å². The number of allylic oxidation sites excluding steroid dienone is 1. The summed E-state index contributed by atoms with van der Waals surface area (Å²) in [6, 6.07) is 5.59. The van der Waals surface area contributed by atoms with Gasteiger partial charge in [-0.1, -0.05) is 19.4 Å². The van der Waals surface area contributed by atoms with Crippen LogP contribution in [0.2, 0.25) is 0 Å². The van der Waals surface area contributed by atoms with Crippen LogP contribution in [-0.2, 0) is 0 Å². The molecule has 3 heteroatoms. The molecule has 1 unspecified atom stereocenters. The molecule has 21 heavy (non-hydrogen) atoms. The minimum atomic E-state index is -0.624. The molecule has 116 valence electrons. The second kappa shape index (κ2) is 6.10. The van der Waals surface area contributed by atoms with Gasteiger partial charge in [-0.2, -0.15) is 0 Å². The average Bonchev–Trinajstić information content (AvgIpc) is 2.45. The van der Waals surface area contributed by atoms with Crippen LogP contribution in [-0.4, -0.2) is 19.3 Å². The lowest BCUT2D eigenvalue weighted by Gasteiger charge is -2.37. The Labute approximate surface area is 127 Å². The minimum Gasteiger partial charge on any atom is -0.497 e. The van der Waals surface area contributed by atoms with Gasteiger partial charge < -0.3 is 14.6 Å². The molecule has 0 saturated carbocycles. The maximum Gasteiger partial charge on any atom is 0.128 e. The highest BCUT2D eigenvalue weighted by atomic mass is 16.5. The number of aliphatic hydroxyl groups excluding tert-OH is 1. The Morgan fingerprint density at radius 3 is 2.48 bits per heavy atom. The molecule has 0 amide bonds. The zero-order valence-electron chi connectivity index (χ0n) is 13.7. The van der Waals surface area contributed by atoms with E-state index >= 15 is 0 Å². The van der Waals surface area contributed by atoms with Gasteiger partial charge in [0.2, 0.25) is 0 Å². The number of aliphatic hydroxyl groups is 1. The van der Waals surface area contributed by atoms with E-state index in [9.17, 15) is 5.11 Å². The summed E-state index contributed by atoms with van der Waals surface area (Å²) in [5.41, 5.74) is 3.27. The lowest BCUT2D eigenvalue weighted by molar-refractivity contribution is 0.167. The van der Waals surface area contributed by atoms with Crippen LogP contribution in [0.4, 0.5) is 0 Å². The Bertz CT molecular complexity index is 543. The van der Waals surface area contributed by atoms with Crippen LogP contribution in [0.5, 0.6) is 11.5 Å². The molecule has 1 atom stereocenters. The van der Waals surface area contributed by atoms with Crippen LogP contribution in [0.3, 0.4) is 0 Å². The second-order valence-corrected chi connectivity index (χ2v) is 6.44. The molecule has 0 saturated heterocycles. The number of rotatable bonds is 4. The summed E-state index contributed by atoms with van der Waals surface area (Å²) in [5, 5.41) is 10.9. The predicted octanol–water partition coefficient (Wildman–Crippen LogP) is 4.26. The van der Waals surface area contributed by atoms with Crippen molar-refractivity contribution in [2.24, 2.45) is 5.41 Å². The van der Waals surface area contributed by atoms with E-state index in [4.69, 9.17) is 9.47 Å². The van der Waals surface area contributed by atoms with E-state index in [0.717, 1.165) is 29.7 Å². The molecule has 1 aliphatic rings. The largest absolute Gasteiger partial charge is 0.497 e. The molecule has 0 spiro atoms. The van der Waals surface area contributed by atoms with E-state index in [-0.39, 0.29) is 5.41 Å². The molecule has 0 heterocycles. The molecule has 2 rings (SSSR count). The summed E-state index contributed by atoms with van der Waals surface area (Å²) in [5.74, 6) is 1.40. The molecular weight excluding hydrogens is 264 g/mol. The highest BCUT2D eigenvalue weighted by Crippen LogP contribution is 2.47. The molecular formula is C18H26O3. The Kier molecular flexibility index (Phi) is 4.62. The van der Waals surface area contributed by atoms with Crippen molar-refractivity contribution in [3.63, 3.8) is 0 Å². The number of hydrogen-bond donors (Lipinski definition) is 1. The molecule has 0 fully saturated rings. The molecule has 0 bridgehead atoms. The molecule has 0 radical (unpaired) electrons. The smallest absolute Gasteiger partial charge is 0.128 e. The molecule has 1 N–H and O–H groups in total. The SMILES string of the molecule is COc1ccc(C(O)C2=C(C)CCCC2(C)C)c(OC)c1. The number of methoxy groups -OCH3 is 2. The first-order valence-corrected chi connectivity index (χ1v) is 7.51. The lowest BCUT2D eigenvalue weighted by atomic mass is 9.69. The third-order valence-corrected chi connectivity index (χ3v) is 4.55. The van der Waals surface area contributed by atoms with Crippen molar-refractivity contribution < 1.29 is 14.6 Å². The van der Waals surface area contributed by atoms with Crippen molar-refractivity contribution in [2.45, 2.75) is 46.1 Å². The van der Waals surface area contributed by atoms with E-state index in [1.165, 1.54) is 12.0 Å². The van der Waals surface area contributed by atoms with Gasteiger partial charge in [-0.05, 0) is 49.3 Å². The maximum absolute atomic E-state index is 10.9. The van der Waals surface area contributed by atoms with E-state index in [2.05, 4.69) is 20.8 Å². The zero-order chi connectivity index (χ0) is 15.6. The topological polar surface area (TPSA) is 38.7 Å². The quantitative estimate of drug-likeness (QED) is 0.842. The standard InChI is InChI=1S/C18H26O3/c1-12-7-6-10-18(2,3)16(12)17(19)14-9-8-13(20-4)11-15(14)21-5/h8-9,11,17,19H,6-7,10H2,1-5H3. The van der Waals surface area contributed by atoms with Gasteiger partial charge in [0, 0.05) is 11.6 Å². The summed E-state index contributed by atoms with van der Waals surface area (Å²) in [4.78, 5) is 0. The number of benzene rings is 1. The number of hydrogen-bond acceptors (Lipinski definition) is 3. The molecule has 0 aliphatic heterocycles. The second-order valence-electron chi connectivity index (χ2n) is 6.44. The molecule has 0 aromatic heterocycles. The van der Waals surface area contributed by atoms with Crippen LogP contribution < -0.4 is 9.47 Å². The van der Waals surface area contributed by atoms with Crippen molar-refractivity contribution in [1.29, 1.82) is 0 Å². The van der Waals surface area contributed by atoms with Crippen LogP contribution in [0.1, 0.15) is 51.7 Å². The van der Waals surface area contributed by atoms with Crippen molar-refractivity contribution in [2.75, 3.05) is 14.2 Å². The van der Waals surface area contributed by atoms with Crippen molar-refractivity contribution in [3.05, 3.63) is 34.9 Å². The first-order valence-electron chi connectivity index (χ1n) is 7.51. The summed E-state index contributed by atoms with van der Waals surface area (Å²) in [6.45, 7) is 6.56. The summed E-state index contributed by atoms with van der Waals surface area (Å²) < 4.78 is 10.7. The van der Waals surface area contributed by atoms with Crippen molar-refractivity contribution >= 4 is 0 Å². The monoisotopic (exact) mass is 290 g/mol. The zero-order valence-corrected chi connectivity index (χ0v) is 13.7. The highest BCUT2D eigenvalue weighted by Gasteiger charge is 2.34. The molecule has 1 aliphatic carbocycles. The third-order valence-electron chi connectivity index (χ3n) is 4.55. The van der Waals surface area contributed by atoms with Crippen LogP contribution >= 0.6 is 0 Å². The Morgan fingerprint density at radius 1 is 1.19 bits per heavy atom. The van der Waals surface area contributed by atoms with Crippen LogP contribution in [0.25, 0.3) is 0 Å². The van der Waals surface area contributed by atoms with Gasteiger partial charge >= 0.3 is 0 Å². The third kappa shape index (κ3) is 3.08. The molecule has 1 aromatic carbocycles. The molecule has 1 aromatic rings. The van der Waals surface area contributed by atoms with Gasteiger partial charge in [-0.25, -0.2) is 0 Å². The van der Waals surface area contributed by atoms with Gasteiger partial charge in [-0.15, -0.1) is 0 Å². The van der Waals surface area contributed by atoms with Gasteiger partial charge in [0.05, 0.1) is 14.2 Å². The minimum absolute atomic E-state index is 0.0205. The predicted molar refractivity (Wildman–Crippen MR) is 84.8 cm³/mol. The van der Waals surface area contributed by atoms with Gasteiger partial charge in [0.25, 0.3) is 0 Å². The van der Waals surface area contributed by atoms with E-state index in [0.29, 0.717) is 5.75 Å². The summed E-state index contributed by atoms with van der Waals surface area (Å²) in [6.07, 6.45) is 2.74. The Balaban J connectivity index is 2.46. The van der Waals surface area contributed by atoms with Crippen molar-refractivity contribution in [3.8, 4) is 11.5 Å². The average molecular weight is 290 g/mol. The van der Waals surface area contributed by atoms with E-state index in [1.807, 2.05) is 18.2 Å². The van der Waals surface area contributed by atoms with Gasteiger partial charge in [-0.3, -0.25) is 0 Å². The van der Waals surface area contributed by atoms with E-state index < -0.39 is 6.10 Å². The fraction of sp³-hybridized carbons (Fsp3) is 0.556. The Hall–Kier alpha value is -1.48. The summed E-state index contributed by atoms with van der Waals surface area (Å²) in [7, 11) is 3.25.